The number of benzene rings is 2. The van der Waals surface area contributed by atoms with Gasteiger partial charge < -0.3 is 9.64 Å². The fraction of sp³-hybridized carbons (Fsp3) is 0.414. The normalized spacial score (nSPS) is 40.1. The largest absolute Gasteiger partial charge is 0.485 e. The number of ether oxygens (including phenoxy) is 1. The van der Waals surface area contributed by atoms with Gasteiger partial charge in [0.1, 0.15) is 11.9 Å². The zero-order valence-corrected chi connectivity index (χ0v) is 35.4. The topological polar surface area (TPSA) is 12.5 Å². The zero-order valence-electron chi connectivity index (χ0n) is 35.4. The van der Waals surface area contributed by atoms with Crippen molar-refractivity contribution >= 4 is 0 Å². The molecule has 2 fully saturated rings. The molecule has 1 aliphatic heterocycles. The summed E-state index contributed by atoms with van der Waals surface area (Å²) in [5.74, 6) is 5.89. The van der Waals surface area contributed by atoms with Crippen molar-refractivity contribution in [3.63, 3.8) is 0 Å². The molecule has 0 radical (unpaired) electrons. The minimum Gasteiger partial charge on any atom is -0.485 e. The molecule has 2 aromatic rings. The number of allylic oxidation sites excluding steroid dienone is 20. The lowest BCUT2D eigenvalue weighted by molar-refractivity contribution is 0.158. The maximum atomic E-state index is 6.83. The highest BCUT2D eigenvalue weighted by molar-refractivity contribution is 5.58. The Morgan fingerprint density at radius 2 is 1.57 bits per heavy atom. The molecule has 0 N–H and O–H groups in total. The summed E-state index contributed by atoms with van der Waals surface area (Å²) in [5, 5.41) is 0. The van der Waals surface area contributed by atoms with Crippen molar-refractivity contribution in [1.29, 1.82) is 0 Å². The molecule has 302 valence electrons. The van der Waals surface area contributed by atoms with Gasteiger partial charge in [0.15, 0.2) is 0 Å². The first kappa shape index (κ1) is 35.9. The third-order valence-electron chi connectivity index (χ3n) is 18.0. The van der Waals surface area contributed by atoms with Crippen LogP contribution in [0.1, 0.15) is 93.7 Å². The van der Waals surface area contributed by atoms with Gasteiger partial charge in [0, 0.05) is 52.1 Å². The second-order valence-electron chi connectivity index (χ2n) is 20.6. The SMILES string of the molecule is CC1(C)C2=CCCC(N(C3=CC4C(CC3)C3C=CC(C5C=CC=CC5)=CC3C43c4ccccc4C4C=CC=CC43)C3CC=CC4Oc5ccccc5C43)=C2C2C=CCCC21. The van der Waals surface area contributed by atoms with Gasteiger partial charge in [-0.2, -0.15) is 0 Å². The van der Waals surface area contributed by atoms with Crippen LogP contribution >= 0.6 is 0 Å². The Bertz CT molecular complexity index is 2510. The van der Waals surface area contributed by atoms with E-state index in [1.807, 2.05) is 0 Å². The van der Waals surface area contributed by atoms with E-state index in [9.17, 15) is 0 Å². The van der Waals surface area contributed by atoms with Crippen LogP contribution in [0, 0.1) is 52.8 Å². The first-order valence-corrected chi connectivity index (χ1v) is 23.7. The third-order valence-corrected chi connectivity index (χ3v) is 18.0. The fourth-order valence-electron chi connectivity index (χ4n) is 15.8. The monoisotopic (exact) mass is 785 g/mol. The number of rotatable bonds is 4. The van der Waals surface area contributed by atoms with Gasteiger partial charge in [0.2, 0.25) is 0 Å². The average Bonchev–Trinajstić information content (AvgIpc) is 3.99. The number of nitrogens with zero attached hydrogens (tertiary/aromatic N) is 1. The van der Waals surface area contributed by atoms with Gasteiger partial charge in [0.05, 0.1) is 0 Å². The summed E-state index contributed by atoms with van der Waals surface area (Å²) in [7, 11) is 0. The molecule has 1 spiro atoms. The minimum atomic E-state index is -0.0144. The van der Waals surface area contributed by atoms with Gasteiger partial charge in [-0.15, -0.1) is 0 Å². The Labute approximate surface area is 357 Å². The van der Waals surface area contributed by atoms with Crippen LogP contribution in [0.2, 0.25) is 0 Å². The lowest BCUT2D eigenvalue weighted by Gasteiger charge is -2.48. The number of hydrogen-bond donors (Lipinski definition) is 0. The molecule has 0 saturated heterocycles. The first-order chi connectivity index (χ1) is 29.5. The lowest BCUT2D eigenvalue weighted by Crippen LogP contribution is -2.46. The molecule has 60 heavy (non-hydrogen) atoms. The van der Waals surface area contributed by atoms with Crippen molar-refractivity contribution in [3.05, 3.63) is 197 Å². The number of para-hydroxylation sites is 1. The smallest absolute Gasteiger partial charge is 0.126 e. The average molecular weight is 786 g/mol. The fourth-order valence-corrected chi connectivity index (χ4v) is 15.8. The maximum absolute atomic E-state index is 6.83. The predicted octanol–water partition coefficient (Wildman–Crippen LogP) is 13.3. The van der Waals surface area contributed by atoms with Gasteiger partial charge >= 0.3 is 0 Å². The maximum Gasteiger partial charge on any atom is 0.126 e. The molecule has 0 bridgehead atoms. The summed E-state index contributed by atoms with van der Waals surface area (Å²) in [4.78, 5) is 3.03. The molecule has 2 nitrogen and oxygen atoms in total. The van der Waals surface area contributed by atoms with Crippen LogP contribution in [-0.2, 0) is 5.41 Å². The Hall–Kier alpha value is -4.82. The van der Waals surface area contributed by atoms with E-state index in [1.54, 1.807) is 33.7 Å². The molecule has 13 atom stereocenters. The van der Waals surface area contributed by atoms with Crippen LogP contribution in [0.25, 0.3) is 0 Å². The van der Waals surface area contributed by atoms with Gasteiger partial charge in [-0.25, -0.2) is 0 Å². The molecule has 0 aromatic heterocycles. The summed E-state index contributed by atoms with van der Waals surface area (Å²) >= 11 is 0. The number of fused-ring (bicyclic) bond motifs is 16. The van der Waals surface area contributed by atoms with Crippen LogP contribution in [0.4, 0.5) is 0 Å². The van der Waals surface area contributed by atoms with Gasteiger partial charge in [-0.1, -0.05) is 154 Å². The Morgan fingerprint density at radius 1 is 0.700 bits per heavy atom. The molecule has 1 heterocycles. The summed E-state index contributed by atoms with van der Waals surface area (Å²) in [6.45, 7) is 5.14. The minimum absolute atomic E-state index is 0.0144. The Balaban J connectivity index is 1.03. The second kappa shape index (κ2) is 13.3. The van der Waals surface area contributed by atoms with Crippen molar-refractivity contribution < 1.29 is 4.74 Å². The highest BCUT2D eigenvalue weighted by atomic mass is 16.5. The molecule has 0 amide bonds. The van der Waals surface area contributed by atoms with Crippen LogP contribution in [0.15, 0.2) is 180 Å². The second-order valence-corrected chi connectivity index (χ2v) is 20.6. The van der Waals surface area contributed by atoms with Gasteiger partial charge in [0.25, 0.3) is 0 Å². The van der Waals surface area contributed by atoms with Crippen molar-refractivity contribution in [2.45, 2.75) is 94.6 Å². The van der Waals surface area contributed by atoms with Gasteiger partial charge in [-0.3, -0.25) is 0 Å². The van der Waals surface area contributed by atoms with Crippen LogP contribution in [-0.4, -0.2) is 17.0 Å². The quantitative estimate of drug-likeness (QED) is 0.286. The standard InChI is InChI=1S/C58H59NO/c1-57(2)45-22-10-8-20-43(45)55-48(57)25-14-26-51(55)59(52-27-15-29-54-56(52)44-21-9-13-28-53(44)60-54)38-31-33-42-41-32-30-37(36-16-4-3-5-17-36)34-49(41)58(50(42)35-38)46-23-11-6-18-39(46)40-19-7-12-24-47(40)58/h3-9,11-13,15-16,18-21,23-25,28-30,32,34-36,39,41-43,45-46,49-50,52,54,56H,10,14,17,22,26-27,31,33H2,1-2H3. The first-order valence-electron chi connectivity index (χ1n) is 23.7. The van der Waals surface area contributed by atoms with Crippen LogP contribution in [0.3, 0.4) is 0 Å². The molecule has 2 aromatic carbocycles. The van der Waals surface area contributed by atoms with E-state index in [-0.39, 0.29) is 16.9 Å². The molecule has 10 aliphatic carbocycles. The molecular formula is C58H59NO. The van der Waals surface area contributed by atoms with E-state index in [1.165, 1.54) is 30.4 Å². The third kappa shape index (κ3) is 4.83. The van der Waals surface area contributed by atoms with Crippen LogP contribution in [0.5, 0.6) is 5.75 Å². The van der Waals surface area contributed by atoms with Crippen molar-refractivity contribution in [3.8, 4) is 5.75 Å². The summed E-state index contributed by atoms with van der Waals surface area (Å²) in [5.41, 5.74) is 12.9. The van der Waals surface area contributed by atoms with E-state index in [0.717, 1.165) is 37.9 Å². The highest BCUT2D eigenvalue weighted by Crippen LogP contribution is 2.71. The summed E-state index contributed by atoms with van der Waals surface area (Å²) in [6, 6.07) is 19.0. The van der Waals surface area contributed by atoms with Crippen molar-refractivity contribution in [2.75, 3.05) is 0 Å². The lowest BCUT2D eigenvalue weighted by atomic mass is 9.58. The Kier molecular flexibility index (Phi) is 7.98. The van der Waals surface area contributed by atoms with Crippen molar-refractivity contribution in [1.82, 2.24) is 4.90 Å². The van der Waals surface area contributed by atoms with Gasteiger partial charge in [-0.05, 0) is 132 Å². The van der Waals surface area contributed by atoms with E-state index >= 15 is 0 Å². The molecule has 2 saturated carbocycles. The molecule has 11 aliphatic rings. The van der Waals surface area contributed by atoms with Crippen molar-refractivity contribution in [2.24, 2.45) is 52.8 Å². The van der Waals surface area contributed by atoms with E-state index in [2.05, 4.69) is 171 Å². The summed E-state index contributed by atoms with van der Waals surface area (Å²) < 4.78 is 6.83. The number of hydrogen-bond acceptors (Lipinski definition) is 2. The summed E-state index contributed by atoms with van der Waals surface area (Å²) in [6.07, 6.45) is 52.2. The zero-order chi connectivity index (χ0) is 39.7. The molecular weight excluding hydrogens is 727 g/mol. The van der Waals surface area contributed by atoms with Crippen LogP contribution < -0.4 is 4.74 Å². The highest BCUT2D eigenvalue weighted by Gasteiger charge is 2.67. The predicted molar refractivity (Wildman–Crippen MR) is 244 cm³/mol. The Morgan fingerprint density at radius 3 is 2.48 bits per heavy atom. The molecule has 13 unspecified atom stereocenters. The van der Waals surface area contributed by atoms with E-state index in [0.29, 0.717) is 65.2 Å². The van der Waals surface area contributed by atoms with E-state index in [4.69, 9.17) is 4.74 Å². The van der Waals surface area contributed by atoms with E-state index < -0.39 is 0 Å². The molecule has 2 heteroatoms. The molecule has 13 rings (SSSR count).